The summed E-state index contributed by atoms with van der Waals surface area (Å²) >= 11 is 1.23. The predicted molar refractivity (Wildman–Crippen MR) is 81.6 cm³/mol. The molecule has 106 valence electrons. The maximum Gasteiger partial charge on any atom is 0.271 e. The molecule has 1 saturated heterocycles. The lowest BCUT2D eigenvalue weighted by atomic mass is 10.1. The molecule has 0 saturated carbocycles. The van der Waals surface area contributed by atoms with Gasteiger partial charge < -0.3 is 9.64 Å². The van der Waals surface area contributed by atoms with E-state index in [0.29, 0.717) is 12.5 Å². The molecule has 2 aromatic rings. The van der Waals surface area contributed by atoms with Gasteiger partial charge in [0.2, 0.25) is 5.82 Å². The second-order valence-corrected chi connectivity index (χ2v) is 5.83. The molecule has 0 radical (unpaired) electrons. The van der Waals surface area contributed by atoms with Gasteiger partial charge in [-0.1, -0.05) is 23.8 Å². The summed E-state index contributed by atoms with van der Waals surface area (Å²) in [5.74, 6) is 1.59. The van der Waals surface area contributed by atoms with E-state index in [-0.39, 0.29) is 0 Å². The summed E-state index contributed by atoms with van der Waals surface area (Å²) in [7, 11) is 0. The minimum atomic E-state index is 0.555. The van der Waals surface area contributed by atoms with Crippen LogP contribution in [0, 0.1) is 13.8 Å². The summed E-state index contributed by atoms with van der Waals surface area (Å²) in [6.07, 6.45) is 2.46. The fourth-order valence-corrected chi connectivity index (χ4v) is 3.01. The Kier molecular flexibility index (Phi) is 3.87. The topological polar surface area (TPSA) is 38.3 Å². The molecule has 1 aromatic carbocycles. The van der Waals surface area contributed by atoms with E-state index < -0.39 is 0 Å². The predicted octanol–water partition coefficient (Wildman–Crippen LogP) is 3.33. The first-order valence-electron chi connectivity index (χ1n) is 7.00. The van der Waals surface area contributed by atoms with Crippen LogP contribution in [0.3, 0.4) is 0 Å². The Labute approximate surface area is 123 Å². The average molecular weight is 289 g/mol. The second-order valence-electron chi connectivity index (χ2n) is 5.31. The van der Waals surface area contributed by atoms with Crippen molar-refractivity contribution in [3.05, 3.63) is 34.9 Å². The number of nitrogens with zero attached hydrogens (tertiary/aromatic N) is 3. The zero-order valence-electron chi connectivity index (χ0n) is 11.9. The molecular formula is C15H19N3OS. The quantitative estimate of drug-likeness (QED) is 0.865. The van der Waals surface area contributed by atoms with Gasteiger partial charge in [-0.15, -0.1) is 4.37 Å². The fraction of sp³-hybridized carbons (Fsp3) is 0.467. The highest BCUT2D eigenvalue weighted by molar-refractivity contribution is 6.99. The van der Waals surface area contributed by atoms with Crippen LogP contribution in [0.2, 0.25) is 0 Å². The monoisotopic (exact) mass is 289 g/mol. The minimum absolute atomic E-state index is 0.555. The molecule has 2 heterocycles. The maximum atomic E-state index is 5.91. The van der Waals surface area contributed by atoms with E-state index in [1.165, 1.54) is 41.3 Å². The van der Waals surface area contributed by atoms with Crippen LogP contribution in [0.15, 0.2) is 18.2 Å². The molecule has 1 fully saturated rings. The van der Waals surface area contributed by atoms with E-state index >= 15 is 0 Å². The summed E-state index contributed by atoms with van der Waals surface area (Å²) < 4.78 is 14.6. The molecule has 4 nitrogen and oxygen atoms in total. The van der Waals surface area contributed by atoms with Crippen LogP contribution >= 0.6 is 11.7 Å². The Morgan fingerprint density at radius 2 is 2.00 bits per heavy atom. The standard InChI is InChI=1S/C15H19N3OS/c1-11-5-6-12(2)13(9-11)10-19-15-14(16-20-17-15)18-7-3-4-8-18/h5-6,9H,3-4,7-8,10H2,1-2H3. The number of benzene rings is 1. The first-order valence-corrected chi connectivity index (χ1v) is 7.73. The number of aromatic nitrogens is 2. The molecule has 1 aliphatic rings. The van der Waals surface area contributed by atoms with Gasteiger partial charge >= 0.3 is 0 Å². The molecule has 3 rings (SSSR count). The number of ether oxygens (including phenoxy) is 1. The largest absolute Gasteiger partial charge is 0.470 e. The summed E-state index contributed by atoms with van der Waals surface area (Å²) in [4.78, 5) is 2.27. The molecule has 0 amide bonds. The Morgan fingerprint density at radius 3 is 2.80 bits per heavy atom. The molecule has 0 bridgehead atoms. The smallest absolute Gasteiger partial charge is 0.271 e. The zero-order valence-corrected chi connectivity index (χ0v) is 12.7. The number of rotatable bonds is 4. The molecule has 0 spiro atoms. The molecule has 0 N–H and O–H groups in total. The van der Waals surface area contributed by atoms with Gasteiger partial charge in [0.15, 0.2) is 0 Å². The van der Waals surface area contributed by atoms with E-state index in [2.05, 4.69) is 45.7 Å². The SMILES string of the molecule is Cc1ccc(C)c(COc2nsnc2N2CCCC2)c1. The number of hydrogen-bond donors (Lipinski definition) is 0. The first-order chi connectivity index (χ1) is 9.74. The fourth-order valence-electron chi connectivity index (χ4n) is 2.49. The molecule has 20 heavy (non-hydrogen) atoms. The van der Waals surface area contributed by atoms with E-state index in [9.17, 15) is 0 Å². The lowest BCUT2D eigenvalue weighted by molar-refractivity contribution is 0.296. The van der Waals surface area contributed by atoms with Gasteiger partial charge in [-0.2, -0.15) is 4.37 Å². The molecule has 5 heteroatoms. The highest BCUT2D eigenvalue weighted by atomic mass is 32.1. The van der Waals surface area contributed by atoms with Gasteiger partial charge in [0, 0.05) is 13.1 Å². The third-order valence-corrected chi connectivity index (χ3v) is 4.22. The summed E-state index contributed by atoms with van der Waals surface area (Å²) in [5, 5.41) is 0. The first kappa shape index (κ1) is 13.4. The van der Waals surface area contributed by atoms with Crippen LogP contribution in [0.25, 0.3) is 0 Å². The highest BCUT2D eigenvalue weighted by Crippen LogP contribution is 2.29. The molecule has 0 atom stereocenters. The van der Waals surface area contributed by atoms with Crippen molar-refractivity contribution in [1.82, 2.24) is 8.75 Å². The van der Waals surface area contributed by atoms with Gasteiger partial charge in [-0.25, -0.2) is 0 Å². The molecule has 0 unspecified atom stereocenters. The highest BCUT2D eigenvalue weighted by Gasteiger charge is 2.20. The van der Waals surface area contributed by atoms with Crippen LogP contribution in [0.5, 0.6) is 5.88 Å². The van der Waals surface area contributed by atoms with Gasteiger partial charge in [0.05, 0.1) is 11.7 Å². The van der Waals surface area contributed by atoms with Gasteiger partial charge in [0.25, 0.3) is 5.88 Å². The average Bonchev–Trinajstić information content (AvgIpc) is 3.09. The van der Waals surface area contributed by atoms with Crippen molar-refractivity contribution in [2.24, 2.45) is 0 Å². The van der Waals surface area contributed by atoms with Gasteiger partial charge in [0.1, 0.15) is 6.61 Å². The van der Waals surface area contributed by atoms with Crippen LogP contribution in [-0.4, -0.2) is 21.8 Å². The zero-order chi connectivity index (χ0) is 13.9. The van der Waals surface area contributed by atoms with Gasteiger partial charge in [-0.05, 0) is 37.8 Å². The minimum Gasteiger partial charge on any atom is -0.470 e. The van der Waals surface area contributed by atoms with Crippen molar-refractivity contribution in [3.8, 4) is 5.88 Å². The van der Waals surface area contributed by atoms with Crippen molar-refractivity contribution >= 4 is 17.5 Å². The molecule has 0 aliphatic carbocycles. The summed E-state index contributed by atoms with van der Waals surface area (Å²) in [5.41, 5.74) is 3.72. The summed E-state index contributed by atoms with van der Waals surface area (Å²) in [6.45, 7) is 6.89. The Morgan fingerprint density at radius 1 is 1.20 bits per heavy atom. The Balaban J connectivity index is 1.72. The van der Waals surface area contributed by atoms with Crippen molar-refractivity contribution in [3.63, 3.8) is 0 Å². The number of anilines is 1. The second kappa shape index (κ2) is 5.79. The van der Waals surface area contributed by atoms with Crippen LogP contribution in [0.4, 0.5) is 5.82 Å². The van der Waals surface area contributed by atoms with Crippen molar-refractivity contribution in [2.45, 2.75) is 33.3 Å². The number of hydrogen-bond acceptors (Lipinski definition) is 5. The van der Waals surface area contributed by atoms with Crippen molar-refractivity contribution < 1.29 is 4.74 Å². The number of aryl methyl sites for hydroxylation is 2. The lowest BCUT2D eigenvalue weighted by Crippen LogP contribution is -2.18. The Hall–Kier alpha value is -1.62. The van der Waals surface area contributed by atoms with Crippen molar-refractivity contribution in [1.29, 1.82) is 0 Å². The lowest BCUT2D eigenvalue weighted by Gasteiger charge is -2.15. The van der Waals surface area contributed by atoms with Crippen LogP contribution < -0.4 is 9.64 Å². The maximum absolute atomic E-state index is 5.91. The molecular weight excluding hydrogens is 270 g/mol. The third-order valence-electron chi connectivity index (χ3n) is 3.72. The van der Waals surface area contributed by atoms with Crippen molar-refractivity contribution in [2.75, 3.05) is 18.0 Å². The van der Waals surface area contributed by atoms with E-state index in [1.807, 2.05) is 0 Å². The van der Waals surface area contributed by atoms with E-state index in [0.717, 1.165) is 18.9 Å². The summed E-state index contributed by atoms with van der Waals surface area (Å²) in [6, 6.07) is 6.43. The third kappa shape index (κ3) is 2.77. The molecule has 1 aromatic heterocycles. The molecule has 1 aliphatic heterocycles. The normalized spacial score (nSPS) is 14.8. The Bertz CT molecular complexity index is 591. The van der Waals surface area contributed by atoms with Crippen LogP contribution in [-0.2, 0) is 6.61 Å². The van der Waals surface area contributed by atoms with Gasteiger partial charge in [-0.3, -0.25) is 0 Å². The van der Waals surface area contributed by atoms with Crippen LogP contribution in [0.1, 0.15) is 29.5 Å². The van der Waals surface area contributed by atoms with E-state index in [4.69, 9.17) is 4.74 Å². The van der Waals surface area contributed by atoms with E-state index in [1.54, 1.807) is 0 Å².